The standard InChI is InChI=1S/C21H17N5/c1-14-5-3-4-6-18(14)19(13-23)20-11-15(2)24-21(26-20)25-17-9-7-16(12-22)8-10-17/h3-11,19H,1-2H3,(H,24,25,26). The third kappa shape index (κ3) is 3.68. The first kappa shape index (κ1) is 17.1. The van der Waals surface area contributed by atoms with Crippen molar-refractivity contribution in [2.75, 3.05) is 5.32 Å². The molecule has 1 unspecified atom stereocenters. The SMILES string of the molecule is Cc1cc(C(C#N)c2ccccc2C)nc(Nc2ccc(C#N)cc2)n1. The monoisotopic (exact) mass is 339 g/mol. The number of nitrogens with one attached hydrogen (secondary N) is 1. The minimum Gasteiger partial charge on any atom is -0.324 e. The number of aryl methyl sites for hydroxylation is 2. The van der Waals surface area contributed by atoms with Gasteiger partial charge < -0.3 is 5.32 Å². The Hall–Kier alpha value is -3.70. The molecule has 0 aliphatic heterocycles. The number of benzene rings is 2. The van der Waals surface area contributed by atoms with E-state index in [1.807, 2.05) is 44.2 Å². The van der Waals surface area contributed by atoms with Crippen molar-refractivity contribution in [3.63, 3.8) is 0 Å². The van der Waals surface area contributed by atoms with Gasteiger partial charge in [0.2, 0.25) is 5.95 Å². The Kier molecular flexibility index (Phi) is 4.92. The highest BCUT2D eigenvalue weighted by molar-refractivity contribution is 5.55. The fourth-order valence-corrected chi connectivity index (χ4v) is 2.76. The van der Waals surface area contributed by atoms with Gasteiger partial charge in [-0.1, -0.05) is 24.3 Å². The van der Waals surface area contributed by atoms with Crippen LogP contribution in [-0.4, -0.2) is 9.97 Å². The summed E-state index contributed by atoms with van der Waals surface area (Å²) in [5.41, 5.74) is 4.80. The van der Waals surface area contributed by atoms with Crippen molar-refractivity contribution in [3.8, 4) is 12.1 Å². The van der Waals surface area contributed by atoms with Crippen LogP contribution in [0.15, 0.2) is 54.6 Å². The van der Waals surface area contributed by atoms with Crippen LogP contribution in [0.4, 0.5) is 11.6 Å². The van der Waals surface area contributed by atoms with Crippen LogP contribution in [0.2, 0.25) is 0 Å². The zero-order valence-electron chi connectivity index (χ0n) is 14.6. The Bertz CT molecular complexity index is 1010. The van der Waals surface area contributed by atoms with Crippen LogP contribution in [0.1, 0.15) is 34.0 Å². The first-order chi connectivity index (χ1) is 12.6. The van der Waals surface area contributed by atoms with Crippen molar-refractivity contribution >= 4 is 11.6 Å². The van der Waals surface area contributed by atoms with Gasteiger partial charge in [0.05, 0.1) is 23.4 Å². The van der Waals surface area contributed by atoms with Gasteiger partial charge >= 0.3 is 0 Å². The first-order valence-corrected chi connectivity index (χ1v) is 8.18. The predicted octanol–water partition coefficient (Wildman–Crippen LogP) is 4.36. The van der Waals surface area contributed by atoms with Gasteiger partial charge in [0, 0.05) is 11.4 Å². The molecule has 0 aliphatic rings. The van der Waals surface area contributed by atoms with Crippen LogP contribution in [0.25, 0.3) is 0 Å². The van der Waals surface area contributed by atoms with Gasteiger partial charge in [-0.2, -0.15) is 10.5 Å². The van der Waals surface area contributed by atoms with E-state index < -0.39 is 5.92 Å². The normalized spacial score (nSPS) is 11.2. The Morgan fingerprint density at radius 2 is 1.69 bits per heavy atom. The Morgan fingerprint density at radius 3 is 2.35 bits per heavy atom. The lowest BCUT2D eigenvalue weighted by molar-refractivity contribution is 0.927. The number of hydrogen-bond donors (Lipinski definition) is 1. The minimum atomic E-state index is -0.459. The summed E-state index contributed by atoms with van der Waals surface area (Å²) in [7, 11) is 0. The molecular formula is C21H17N5. The molecule has 1 atom stereocenters. The molecule has 0 amide bonds. The first-order valence-electron chi connectivity index (χ1n) is 8.18. The van der Waals surface area contributed by atoms with Gasteiger partial charge in [-0.05, 0) is 55.3 Å². The smallest absolute Gasteiger partial charge is 0.227 e. The lowest BCUT2D eigenvalue weighted by Crippen LogP contribution is -2.07. The average molecular weight is 339 g/mol. The van der Waals surface area contributed by atoms with E-state index in [9.17, 15) is 5.26 Å². The van der Waals surface area contributed by atoms with Crippen LogP contribution in [-0.2, 0) is 0 Å². The molecule has 5 heteroatoms. The zero-order chi connectivity index (χ0) is 18.5. The molecule has 0 fully saturated rings. The van der Waals surface area contributed by atoms with E-state index in [0.717, 1.165) is 22.5 Å². The average Bonchev–Trinajstić information content (AvgIpc) is 2.64. The van der Waals surface area contributed by atoms with Crippen LogP contribution < -0.4 is 5.32 Å². The highest BCUT2D eigenvalue weighted by Crippen LogP contribution is 2.27. The molecule has 0 radical (unpaired) electrons. The maximum absolute atomic E-state index is 9.73. The number of nitrogens with zero attached hydrogens (tertiary/aromatic N) is 4. The summed E-state index contributed by atoms with van der Waals surface area (Å²) in [6, 6.07) is 21.2. The van der Waals surface area contributed by atoms with Crippen molar-refractivity contribution in [2.45, 2.75) is 19.8 Å². The largest absolute Gasteiger partial charge is 0.324 e. The van der Waals surface area contributed by atoms with Crippen molar-refractivity contribution in [3.05, 3.63) is 82.7 Å². The summed E-state index contributed by atoms with van der Waals surface area (Å²) < 4.78 is 0. The van der Waals surface area contributed by atoms with E-state index in [2.05, 4.69) is 27.4 Å². The van der Waals surface area contributed by atoms with Gasteiger partial charge in [-0.3, -0.25) is 0 Å². The molecular weight excluding hydrogens is 322 g/mol. The maximum atomic E-state index is 9.73. The lowest BCUT2D eigenvalue weighted by atomic mass is 9.93. The van der Waals surface area contributed by atoms with E-state index in [4.69, 9.17) is 5.26 Å². The summed E-state index contributed by atoms with van der Waals surface area (Å²) in [4.78, 5) is 8.96. The fourth-order valence-electron chi connectivity index (χ4n) is 2.76. The molecule has 0 aliphatic carbocycles. The third-order valence-corrected chi connectivity index (χ3v) is 4.07. The van der Waals surface area contributed by atoms with Crippen molar-refractivity contribution < 1.29 is 0 Å². The van der Waals surface area contributed by atoms with E-state index in [0.29, 0.717) is 17.2 Å². The second-order valence-corrected chi connectivity index (χ2v) is 5.99. The van der Waals surface area contributed by atoms with E-state index in [1.54, 1.807) is 24.3 Å². The van der Waals surface area contributed by atoms with Gasteiger partial charge in [0.25, 0.3) is 0 Å². The zero-order valence-corrected chi connectivity index (χ0v) is 14.6. The predicted molar refractivity (Wildman–Crippen MR) is 99.8 cm³/mol. The maximum Gasteiger partial charge on any atom is 0.227 e. The molecule has 3 rings (SSSR count). The van der Waals surface area contributed by atoms with Crippen molar-refractivity contribution in [2.24, 2.45) is 0 Å². The number of anilines is 2. The molecule has 1 N–H and O–H groups in total. The van der Waals surface area contributed by atoms with Crippen molar-refractivity contribution in [1.29, 1.82) is 10.5 Å². The van der Waals surface area contributed by atoms with Crippen molar-refractivity contribution in [1.82, 2.24) is 9.97 Å². The topological polar surface area (TPSA) is 85.4 Å². The molecule has 1 aromatic heterocycles. The molecule has 1 heterocycles. The van der Waals surface area contributed by atoms with Gasteiger partial charge in [0.15, 0.2) is 0 Å². The summed E-state index contributed by atoms with van der Waals surface area (Å²) in [6.45, 7) is 3.87. The number of hydrogen-bond acceptors (Lipinski definition) is 5. The molecule has 5 nitrogen and oxygen atoms in total. The fraction of sp³-hybridized carbons (Fsp3) is 0.143. The Morgan fingerprint density at radius 1 is 0.962 bits per heavy atom. The molecule has 0 saturated carbocycles. The number of rotatable bonds is 4. The van der Waals surface area contributed by atoms with Gasteiger partial charge in [-0.25, -0.2) is 9.97 Å². The summed E-state index contributed by atoms with van der Waals surface area (Å²) in [5.74, 6) is -0.0297. The summed E-state index contributed by atoms with van der Waals surface area (Å²) >= 11 is 0. The summed E-state index contributed by atoms with van der Waals surface area (Å²) in [6.07, 6.45) is 0. The highest BCUT2D eigenvalue weighted by atomic mass is 15.1. The molecule has 2 aromatic carbocycles. The summed E-state index contributed by atoms with van der Waals surface area (Å²) in [5, 5.41) is 21.7. The van der Waals surface area contributed by atoms with Gasteiger partial charge in [0.1, 0.15) is 5.92 Å². The molecule has 0 spiro atoms. The Labute approximate surface area is 152 Å². The second kappa shape index (κ2) is 7.46. The lowest BCUT2D eigenvalue weighted by Gasteiger charge is -2.14. The molecule has 26 heavy (non-hydrogen) atoms. The highest BCUT2D eigenvalue weighted by Gasteiger charge is 2.18. The number of nitriles is 2. The molecule has 0 bridgehead atoms. The second-order valence-electron chi connectivity index (χ2n) is 5.99. The molecule has 0 saturated heterocycles. The van der Waals surface area contributed by atoms with Crippen LogP contribution in [0, 0.1) is 36.5 Å². The van der Waals surface area contributed by atoms with E-state index in [-0.39, 0.29) is 0 Å². The van der Waals surface area contributed by atoms with E-state index in [1.165, 1.54) is 0 Å². The Balaban J connectivity index is 1.95. The van der Waals surface area contributed by atoms with Crippen LogP contribution >= 0.6 is 0 Å². The number of aromatic nitrogens is 2. The van der Waals surface area contributed by atoms with E-state index >= 15 is 0 Å². The van der Waals surface area contributed by atoms with Crippen LogP contribution in [0.3, 0.4) is 0 Å². The molecule has 3 aromatic rings. The minimum absolute atomic E-state index is 0.429. The third-order valence-electron chi connectivity index (χ3n) is 4.07. The van der Waals surface area contributed by atoms with Crippen LogP contribution in [0.5, 0.6) is 0 Å². The quantitative estimate of drug-likeness (QED) is 0.763. The van der Waals surface area contributed by atoms with Gasteiger partial charge in [-0.15, -0.1) is 0 Å². The molecule has 126 valence electrons.